The zero-order chi connectivity index (χ0) is 15.7. The molecule has 0 aliphatic heterocycles. The van der Waals surface area contributed by atoms with Gasteiger partial charge in [0.15, 0.2) is 9.84 Å². The Hall–Kier alpha value is -0.910. The Morgan fingerprint density at radius 3 is 2.29 bits per heavy atom. The highest BCUT2D eigenvalue weighted by Crippen LogP contribution is 2.62. The van der Waals surface area contributed by atoms with Gasteiger partial charge in [0.2, 0.25) is 0 Å². The van der Waals surface area contributed by atoms with Crippen LogP contribution >= 0.6 is 0 Å². The molecule has 1 aliphatic rings. The van der Waals surface area contributed by atoms with Crippen LogP contribution in [0.3, 0.4) is 0 Å². The molecule has 1 aromatic rings. The lowest BCUT2D eigenvalue weighted by atomic mass is 9.99. The van der Waals surface area contributed by atoms with Gasteiger partial charge in [0.25, 0.3) is 0 Å². The fraction of sp³-hybridized carbons (Fsp3) is 0.625. The normalized spacial score (nSPS) is 28.6. The SMILES string of the molecule is CCOC[C@]1(CN)[C@H](c2ccc(CC)cc2)[C@H]1S(C)(=O)=O. The summed E-state index contributed by atoms with van der Waals surface area (Å²) in [5, 5.41) is -0.436. The van der Waals surface area contributed by atoms with Crippen LogP contribution in [0.15, 0.2) is 24.3 Å². The van der Waals surface area contributed by atoms with Gasteiger partial charge in [0.05, 0.1) is 11.9 Å². The van der Waals surface area contributed by atoms with Crippen LogP contribution in [0.2, 0.25) is 0 Å². The van der Waals surface area contributed by atoms with E-state index in [1.54, 1.807) is 0 Å². The molecule has 0 aromatic heterocycles. The Morgan fingerprint density at radius 2 is 1.86 bits per heavy atom. The summed E-state index contributed by atoms with van der Waals surface area (Å²) in [6.07, 6.45) is 2.27. The summed E-state index contributed by atoms with van der Waals surface area (Å²) in [4.78, 5) is 0. The fourth-order valence-electron chi connectivity index (χ4n) is 3.36. The number of aryl methyl sites for hydroxylation is 1. The minimum Gasteiger partial charge on any atom is -0.381 e. The van der Waals surface area contributed by atoms with Gasteiger partial charge in [-0.15, -0.1) is 0 Å². The van der Waals surface area contributed by atoms with Crippen molar-refractivity contribution in [3.63, 3.8) is 0 Å². The number of ether oxygens (including phenoxy) is 1. The lowest BCUT2D eigenvalue weighted by molar-refractivity contribution is 0.101. The summed E-state index contributed by atoms with van der Waals surface area (Å²) in [7, 11) is -3.15. The smallest absolute Gasteiger partial charge is 0.151 e. The van der Waals surface area contributed by atoms with E-state index < -0.39 is 20.5 Å². The van der Waals surface area contributed by atoms with Crippen LogP contribution in [0.4, 0.5) is 0 Å². The van der Waals surface area contributed by atoms with E-state index in [1.165, 1.54) is 11.8 Å². The van der Waals surface area contributed by atoms with Crippen molar-refractivity contribution in [1.29, 1.82) is 0 Å². The Morgan fingerprint density at radius 1 is 1.24 bits per heavy atom. The first-order valence-electron chi connectivity index (χ1n) is 7.46. The van der Waals surface area contributed by atoms with Crippen molar-refractivity contribution >= 4 is 9.84 Å². The molecule has 1 fully saturated rings. The summed E-state index contributed by atoms with van der Waals surface area (Å²) in [5.74, 6) is -0.0602. The first kappa shape index (κ1) is 16.5. The number of benzene rings is 1. The molecule has 0 bridgehead atoms. The number of hydrogen-bond acceptors (Lipinski definition) is 4. The second-order valence-electron chi connectivity index (χ2n) is 5.90. The average molecular weight is 311 g/mol. The molecule has 2 rings (SSSR count). The van der Waals surface area contributed by atoms with Crippen molar-refractivity contribution in [2.45, 2.75) is 31.4 Å². The number of hydrogen-bond donors (Lipinski definition) is 1. The summed E-state index contributed by atoms with van der Waals surface area (Å²) in [6, 6.07) is 8.19. The van der Waals surface area contributed by atoms with Gasteiger partial charge >= 0.3 is 0 Å². The van der Waals surface area contributed by atoms with Crippen molar-refractivity contribution in [2.75, 3.05) is 26.0 Å². The molecular weight excluding hydrogens is 286 g/mol. The van der Waals surface area contributed by atoms with Crippen molar-refractivity contribution in [2.24, 2.45) is 11.1 Å². The van der Waals surface area contributed by atoms with Crippen molar-refractivity contribution < 1.29 is 13.2 Å². The molecule has 1 aliphatic carbocycles. The Balaban J connectivity index is 2.34. The molecule has 2 N–H and O–H groups in total. The lowest BCUT2D eigenvalue weighted by Crippen LogP contribution is -2.28. The van der Waals surface area contributed by atoms with Crippen LogP contribution in [-0.2, 0) is 21.0 Å². The summed E-state index contributed by atoms with van der Waals surface area (Å²) >= 11 is 0. The standard InChI is InChI=1S/C16H25NO3S/c1-4-12-6-8-13(9-7-12)14-15(21(3,18)19)16(14,10-17)11-20-5-2/h6-9,14-15H,4-5,10-11,17H2,1-3H3/t14-,15-,16-/m1/s1. The van der Waals surface area contributed by atoms with Crippen LogP contribution in [0.25, 0.3) is 0 Å². The lowest BCUT2D eigenvalue weighted by Gasteiger charge is -2.15. The summed E-state index contributed by atoms with van der Waals surface area (Å²) in [5.41, 5.74) is 7.76. The minimum atomic E-state index is -3.15. The molecule has 0 amide bonds. The van der Waals surface area contributed by atoms with E-state index in [1.807, 2.05) is 19.1 Å². The van der Waals surface area contributed by atoms with Gasteiger partial charge in [-0.2, -0.15) is 0 Å². The monoisotopic (exact) mass is 311 g/mol. The second-order valence-corrected chi connectivity index (χ2v) is 8.06. The zero-order valence-electron chi connectivity index (χ0n) is 13.0. The molecule has 4 nitrogen and oxygen atoms in total. The molecule has 0 saturated heterocycles. The van der Waals surface area contributed by atoms with Crippen LogP contribution in [-0.4, -0.2) is 39.7 Å². The fourth-order valence-corrected chi connectivity index (χ4v) is 5.37. The van der Waals surface area contributed by atoms with Gasteiger partial charge in [0.1, 0.15) is 0 Å². The molecule has 3 atom stereocenters. The third kappa shape index (κ3) is 3.00. The van der Waals surface area contributed by atoms with Crippen LogP contribution in [0.1, 0.15) is 30.9 Å². The van der Waals surface area contributed by atoms with Gasteiger partial charge in [-0.3, -0.25) is 0 Å². The first-order valence-corrected chi connectivity index (χ1v) is 9.41. The third-order valence-corrected chi connectivity index (χ3v) is 6.21. The third-order valence-electron chi connectivity index (χ3n) is 4.54. The zero-order valence-corrected chi connectivity index (χ0v) is 13.8. The minimum absolute atomic E-state index is 0.0602. The first-order chi connectivity index (χ1) is 9.90. The van der Waals surface area contributed by atoms with Gasteiger partial charge in [-0.25, -0.2) is 8.42 Å². The van der Waals surface area contributed by atoms with Crippen LogP contribution in [0.5, 0.6) is 0 Å². The number of rotatable bonds is 7. The van der Waals surface area contributed by atoms with Crippen LogP contribution in [0, 0.1) is 5.41 Å². The van der Waals surface area contributed by atoms with E-state index >= 15 is 0 Å². The van der Waals surface area contributed by atoms with Crippen molar-refractivity contribution in [3.8, 4) is 0 Å². The number of sulfone groups is 1. The van der Waals surface area contributed by atoms with E-state index in [9.17, 15) is 8.42 Å². The average Bonchev–Trinajstić information content (AvgIpc) is 3.15. The Kier molecular flexibility index (Phi) is 4.76. The summed E-state index contributed by atoms with van der Waals surface area (Å²) in [6.45, 7) is 5.31. The molecule has 118 valence electrons. The maximum Gasteiger partial charge on any atom is 0.151 e. The molecule has 0 heterocycles. The molecule has 0 unspecified atom stereocenters. The van der Waals surface area contributed by atoms with Gasteiger partial charge in [-0.1, -0.05) is 31.2 Å². The van der Waals surface area contributed by atoms with E-state index in [-0.39, 0.29) is 5.92 Å². The maximum absolute atomic E-state index is 12.1. The molecule has 1 aromatic carbocycles. The van der Waals surface area contributed by atoms with Gasteiger partial charge in [0, 0.05) is 30.7 Å². The Bertz CT molecular complexity index is 582. The molecular formula is C16H25NO3S. The highest BCUT2D eigenvalue weighted by Gasteiger charge is 2.69. The predicted molar refractivity (Wildman–Crippen MR) is 85.2 cm³/mol. The molecule has 0 spiro atoms. The van der Waals surface area contributed by atoms with Crippen LogP contribution < -0.4 is 5.73 Å². The topological polar surface area (TPSA) is 69.4 Å². The van der Waals surface area contributed by atoms with E-state index in [4.69, 9.17) is 10.5 Å². The highest BCUT2D eigenvalue weighted by atomic mass is 32.2. The quantitative estimate of drug-likeness (QED) is 0.833. The summed E-state index contributed by atoms with van der Waals surface area (Å²) < 4.78 is 29.8. The maximum atomic E-state index is 12.1. The predicted octanol–water partition coefficient (Wildman–Crippen LogP) is 1.74. The molecule has 21 heavy (non-hydrogen) atoms. The van der Waals surface area contributed by atoms with Gasteiger partial charge in [-0.05, 0) is 24.5 Å². The highest BCUT2D eigenvalue weighted by molar-refractivity contribution is 7.91. The Labute approximate surface area is 127 Å². The van der Waals surface area contributed by atoms with Crippen molar-refractivity contribution in [3.05, 3.63) is 35.4 Å². The molecule has 1 saturated carbocycles. The second kappa shape index (κ2) is 6.07. The largest absolute Gasteiger partial charge is 0.381 e. The molecule has 5 heteroatoms. The van der Waals surface area contributed by atoms with Crippen molar-refractivity contribution in [1.82, 2.24) is 0 Å². The van der Waals surface area contributed by atoms with E-state index in [2.05, 4.69) is 19.1 Å². The molecule has 0 radical (unpaired) electrons. The van der Waals surface area contributed by atoms with Gasteiger partial charge < -0.3 is 10.5 Å². The van der Waals surface area contributed by atoms with E-state index in [0.717, 1.165) is 12.0 Å². The number of nitrogens with two attached hydrogens (primary N) is 1. The van der Waals surface area contributed by atoms with E-state index in [0.29, 0.717) is 19.8 Å².